The number of benzene rings is 2. The van der Waals surface area contributed by atoms with Crippen molar-refractivity contribution in [1.82, 2.24) is 19.8 Å². The van der Waals surface area contributed by atoms with Crippen LogP contribution < -0.4 is 16.0 Å². The Bertz CT molecular complexity index is 1690. The number of sulfonamides is 1. The highest BCUT2D eigenvalue weighted by atomic mass is 32.2. The number of carbonyl (C=O) groups is 3. The van der Waals surface area contributed by atoms with Gasteiger partial charge in [0, 0.05) is 49.2 Å². The molecule has 2 aliphatic carbocycles. The number of nitrogens with zero attached hydrogens (tertiary/aromatic N) is 2. The van der Waals surface area contributed by atoms with Crippen molar-refractivity contribution >= 4 is 44.2 Å². The molecule has 2 fully saturated rings. The monoisotopic (exact) mass is 691 g/mol. The van der Waals surface area contributed by atoms with E-state index in [0.717, 1.165) is 87.7 Å². The van der Waals surface area contributed by atoms with E-state index in [9.17, 15) is 22.8 Å². The number of rotatable bonds is 9. The van der Waals surface area contributed by atoms with Crippen LogP contribution in [-0.4, -0.2) is 61.1 Å². The van der Waals surface area contributed by atoms with Crippen LogP contribution in [-0.2, 0) is 29.5 Å². The zero-order chi connectivity index (χ0) is 33.7. The topological polar surface area (TPSA) is 128 Å². The van der Waals surface area contributed by atoms with Crippen molar-refractivity contribution in [3.8, 4) is 0 Å². The van der Waals surface area contributed by atoms with Gasteiger partial charge >= 0.3 is 6.03 Å². The van der Waals surface area contributed by atoms with Crippen molar-refractivity contribution in [3.05, 3.63) is 81.7 Å². The van der Waals surface area contributed by atoms with Gasteiger partial charge in [0.2, 0.25) is 10.0 Å². The molecule has 3 aromatic rings. The molecule has 12 heteroatoms. The molecule has 10 nitrogen and oxygen atoms in total. The van der Waals surface area contributed by atoms with E-state index in [4.69, 9.17) is 0 Å². The SMILES string of the molecule is CNC(=O)NC(=O)c1c(NC(=O)c2ccc(S(=O)(=O)N(C3CCCCC3)C3CCCCC3)cc2)sc2c1CCN(Cc1ccccc1)C2. The number of anilines is 1. The Morgan fingerprint density at radius 2 is 1.48 bits per heavy atom. The molecule has 0 bridgehead atoms. The van der Waals surface area contributed by atoms with Gasteiger partial charge in [-0.25, -0.2) is 13.2 Å². The maximum absolute atomic E-state index is 14.1. The van der Waals surface area contributed by atoms with E-state index in [1.54, 1.807) is 12.1 Å². The average molecular weight is 692 g/mol. The van der Waals surface area contributed by atoms with Crippen LogP contribution in [0.15, 0.2) is 59.5 Å². The molecule has 3 aliphatic rings. The molecule has 256 valence electrons. The van der Waals surface area contributed by atoms with Gasteiger partial charge in [0.15, 0.2) is 0 Å². The summed E-state index contributed by atoms with van der Waals surface area (Å²) in [6, 6.07) is 15.7. The number of fused-ring (bicyclic) bond motifs is 1. The molecule has 0 saturated heterocycles. The third kappa shape index (κ3) is 7.67. The Hall–Kier alpha value is -3.58. The number of hydrogen-bond donors (Lipinski definition) is 3. The zero-order valence-corrected chi connectivity index (χ0v) is 29.1. The molecule has 2 saturated carbocycles. The lowest BCUT2D eigenvalue weighted by atomic mass is 9.91. The van der Waals surface area contributed by atoms with E-state index in [1.165, 1.54) is 36.1 Å². The Kier molecular flexibility index (Phi) is 10.9. The normalized spacial score (nSPS) is 17.9. The summed E-state index contributed by atoms with van der Waals surface area (Å²) < 4.78 is 30.1. The molecule has 4 amide bonds. The number of urea groups is 1. The molecule has 3 N–H and O–H groups in total. The van der Waals surface area contributed by atoms with Gasteiger partial charge in [-0.2, -0.15) is 4.31 Å². The molecule has 2 aromatic carbocycles. The standard InChI is InChI=1S/C36H45N5O5S2/c1-37-36(44)39-34(43)32-30-21-22-40(23-25-11-5-2-6-12-25)24-31(30)47-35(32)38-33(42)26-17-19-29(20-18-26)48(45,46)41(27-13-7-3-8-14-27)28-15-9-4-10-16-28/h2,5-6,11-12,17-20,27-28H,3-4,7-10,13-16,21-24H2,1H3,(H,38,42)(H2,37,39,43,44). The summed E-state index contributed by atoms with van der Waals surface area (Å²) in [5, 5.41) is 8.05. The van der Waals surface area contributed by atoms with Gasteiger partial charge in [-0.3, -0.25) is 19.8 Å². The fraction of sp³-hybridized carbons (Fsp3) is 0.472. The van der Waals surface area contributed by atoms with Gasteiger partial charge in [0.25, 0.3) is 11.8 Å². The molecule has 6 rings (SSSR count). The molecule has 48 heavy (non-hydrogen) atoms. The zero-order valence-electron chi connectivity index (χ0n) is 27.5. The smallest absolute Gasteiger partial charge is 0.321 e. The lowest BCUT2D eigenvalue weighted by molar-refractivity contribution is 0.0964. The molecule has 0 radical (unpaired) electrons. The van der Waals surface area contributed by atoms with Crippen LogP contribution in [0.5, 0.6) is 0 Å². The number of amides is 4. The Morgan fingerprint density at radius 3 is 2.08 bits per heavy atom. The van der Waals surface area contributed by atoms with Crippen molar-refractivity contribution in [3.63, 3.8) is 0 Å². The summed E-state index contributed by atoms with van der Waals surface area (Å²) in [4.78, 5) is 42.5. The molecule has 0 spiro atoms. The predicted octanol–water partition coefficient (Wildman–Crippen LogP) is 6.28. The van der Waals surface area contributed by atoms with Gasteiger partial charge in [-0.05, 0) is 67.5 Å². The van der Waals surface area contributed by atoms with Crippen LogP contribution in [0, 0.1) is 0 Å². The first-order chi connectivity index (χ1) is 23.2. The van der Waals surface area contributed by atoms with Gasteiger partial charge in [-0.1, -0.05) is 68.9 Å². The average Bonchev–Trinajstić information content (AvgIpc) is 3.46. The second kappa shape index (κ2) is 15.3. The van der Waals surface area contributed by atoms with Crippen molar-refractivity contribution in [2.45, 2.75) is 101 Å². The number of carbonyl (C=O) groups excluding carboxylic acids is 3. The Balaban J connectivity index is 1.22. The molecule has 0 atom stereocenters. The maximum Gasteiger partial charge on any atom is 0.321 e. The van der Waals surface area contributed by atoms with E-state index in [0.29, 0.717) is 23.5 Å². The third-order valence-corrected chi connectivity index (χ3v) is 13.0. The lowest BCUT2D eigenvalue weighted by Crippen LogP contribution is -2.48. The number of thiophene rings is 1. The minimum atomic E-state index is -3.76. The fourth-order valence-corrected chi connectivity index (χ4v) is 10.6. The molecular weight excluding hydrogens is 647 g/mol. The summed E-state index contributed by atoms with van der Waals surface area (Å²) in [6.07, 6.45) is 10.6. The summed E-state index contributed by atoms with van der Waals surface area (Å²) in [5.41, 5.74) is 2.59. The molecule has 1 aromatic heterocycles. The second-order valence-corrected chi connectivity index (χ2v) is 16.0. The Labute approximate surface area is 287 Å². The predicted molar refractivity (Wildman–Crippen MR) is 188 cm³/mol. The van der Waals surface area contributed by atoms with Crippen molar-refractivity contribution < 1.29 is 22.8 Å². The summed E-state index contributed by atoms with van der Waals surface area (Å²) in [6.45, 7) is 2.09. The quantitative estimate of drug-likeness (QED) is 0.242. The van der Waals surface area contributed by atoms with E-state index in [2.05, 4.69) is 33.0 Å². The van der Waals surface area contributed by atoms with Crippen LogP contribution in [0.2, 0.25) is 0 Å². The van der Waals surface area contributed by atoms with Crippen LogP contribution >= 0.6 is 11.3 Å². The minimum Gasteiger partial charge on any atom is -0.341 e. The number of nitrogens with one attached hydrogen (secondary N) is 3. The lowest BCUT2D eigenvalue weighted by Gasteiger charge is -2.40. The molecular formula is C36H45N5O5S2. The largest absolute Gasteiger partial charge is 0.341 e. The minimum absolute atomic E-state index is 0.0164. The first kappa shape index (κ1) is 34.3. The van der Waals surface area contributed by atoms with Crippen molar-refractivity contribution in [2.24, 2.45) is 0 Å². The van der Waals surface area contributed by atoms with Crippen molar-refractivity contribution in [1.29, 1.82) is 0 Å². The number of imide groups is 1. The highest BCUT2D eigenvalue weighted by Crippen LogP contribution is 2.38. The maximum atomic E-state index is 14.1. The van der Waals surface area contributed by atoms with E-state index >= 15 is 0 Å². The number of hydrogen-bond acceptors (Lipinski definition) is 7. The van der Waals surface area contributed by atoms with Crippen LogP contribution in [0.4, 0.5) is 9.80 Å². The highest BCUT2D eigenvalue weighted by molar-refractivity contribution is 7.89. The summed E-state index contributed by atoms with van der Waals surface area (Å²) in [7, 11) is -2.32. The molecule has 0 unspecified atom stereocenters. The fourth-order valence-electron chi connectivity index (χ4n) is 7.43. The third-order valence-electron chi connectivity index (χ3n) is 9.85. The van der Waals surface area contributed by atoms with E-state index in [1.807, 2.05) is 22.5 Å². The van der Waals surface area contributed by atoms with Crippen LogP contribution in [0.3, 0.4) is 0 Å². The van der Waals surface area contributed by atoms with Crippen LogP contribution in [0.1, 0.15) is 101 Å². The van der Waals surface area contributed by atoms with Crippen molar-refractivity contribution in [2.75, 3.05) is 18.9 Å². The van der Waals surface area contributed by atoms with E-state index < -0.39 is 27.9 Å². The summed E-state index contributed by atoms with van der Waals surface area (Å²) in [5.74, 6) is -1.03. The van der Waals surface area contributed by atoms with Gasteiger partial charge < -0.3 is 10.6 Å². The molecule has 1 aliphatic heterocycles. The van der Waals surface area contributed by atoms with Gasteiger partial charge in [-0.15, -0.1) is 11.3 Å². The molecule has 2 heterocycles. The highest BCUT2D eigenvalue weighted by Gasteiger charge is 2.38. The second-order valence-electron chi connectivity index (χ2n) is 13.1. The van der Waals surface area contributed by atoms with Gasteiger partial charge in [0.1, 0.15) is 5.00 Å². The summed E-state index contributed by atoms with van der Waals surface area (Å²) >= 11 is 1.34. The van der Waals surface area contributed by atoms with E-state index in [-0.39, 0.29) is 22.5 Å². The van der Waals surface area contributed by atoms with Crippen LogP contribution in [0.25, 0.3) is 0 Å². The Morgan fingerprint density at radius 1 is 0.854 bits per heavy atom. The van der Waals surface area contributed by atoms with Gasteiger partial charge in [0.05, 0.1) is 10.5 Å². The first-order valence-corrected chi connectivity index (χ1v) is 19.4. The first-order valence-electron chi connectivity index (χ1n) is 17.1.